The zero-order valence-corrected chi connectivity index (χ0v) is 78.3. The number of aromatic amines is 4. The molecular weight excluding hydrogens is 1910 g/mol. The van der Waals surface area contributed by atoms with E-state index in [1.807, 2.05) is 107 Å². The highest BCUT2D eigenvalue weighted by atomic mass is 31.2. The Hall–Kier alpha value is -14.1. The van der Waals surface area contributed by atoms with E-state index < -0.39 is 182 Å². The molecule has 50 nitrogen and oxygen atoms in total. The second kappa shape index (κ2) is 50.1. The van der Waals surface area contributed by atoms with Gasteiger partial charge >= 0.3 is 20.9 Å². The molecule has 0 aliphatic carbocycles. The molecule has 0 saturated carbocycles. The van der Waals surface area contributed by atoms with Crippen LogP contribution >= 0.6 is 17.1 Å². The third-order valence-electron chi connectivity index (χ3n) is 20.8. The number of nitriles is 2. The van der Waals surface area contributed by atoms with E-state index in [1.165, 1.54) is 10.9 Å². The third-order valence-corrected chi connectivity index (χ3v) is 24.1. The molecule has 0 bridgehead atoms. The number of hydrogen-bond donors (Lipinski definition) is 10. The molecular formula is C85H99F4N27O23P2+2. The fraction of sp³-hybridized carbons (Fsp3) is 0.435. The Morgan fingerprint density at radius 1 is 0.504 bits per heavy atom. The maximum absolute atomic E-state index is 16.2. The van der Waals surface area contributed by atoms with E-state index in [2.05, 4.69) is 113 Å². The Morgan fingerprint density at radius 2 is 0.915 bits per heavy atom. The molecule has 4 amide bonds. The number of ether oxygens (including phenoxy) is 6. The number of imidazole rings is 2. The number of carboxylic acid groups (broad SMARTS) is 2. The molecule has 141 heavy (non-hydrogen) atoms. The van der Waals surface area contributed by atoms with Crippen molar-refractivity contribution in [2.45, 2.75) is 192 Å². The van der Waals surface area contributed by atoms with Crippen molar-refractivity contribution >= 4 is 121 Å². The van der Waals surface area contributed by atoms with Crippen LogP contribution in [0.3, 0.4) is 0 Å². The van der Waals surface area contributed by atoms with Crippen molar-refractivity contribution in [3.8, 4) is 12.1 Å². The maximum atomic E-state index is 16.2. The molecule has 748 valence electrons. The lowest BCUT2D eigenvalue weighted by Gasteiger charge is -2.37. The van der Waals surface area contributed by atoms with Crippen LogP contribution < -0.4 is 42.4 Å². The number of carbonyl (C=O) groups excluding carboxylic acids is 4. The quantitative estimate of drug-likeness (QED) is 0.00804. The number of halogens is 4. The van der Waals surface area contributed by atoms with Gasteiger partial charge in [-0.2, -0.15) is 29.9 Å². The monoisotopic (exact) mass is 2000 g/mol. The molecule has 0 radical (unpaired) electrons. The Balaban J connectivity index is 0.000000188. The predicted molar refractivity (Wildman–Crippen MR) is 484 cm³/mol. The third kappa shape index (κ3) is 26.3. The molecule has 4 fully saturated rings. The second-order valence-corrected chi connectivity index (χ2v) is 34.5. The molecule has 4 aliphatic heterocycles. The molecule has 14 heterocycles. The second-order valence-electron chi connectivity index (χ2n) is 31.9. The first-order valence-corrected chi connectivity index (χ1v) is 45.9. The minimum Gasteiger partial charge on any atom is -0.450 e. The highest BCUT2D eigenvalue weighted by Gasteiger charge is 2.55. The smallest absolute Gasteiger partial charge is 0.450 e. The molecule has 0 spiro atoms. The number of pyridine rings is 2. The zero-order chi connectivity index (χ0) is 101. The van der Waals surface area contributed by atoms with Gasteiger partial charge in [-0.1, -0.05) is 93.6 Å². The summed E-state index contributed by atoms with van der Waals surface area (Å²) in [7, 11) is -4.50. The number of aliphatic hydroxyl groups excluding tert-OH is 2. The lowest BCUT2D eigenvalue weighted by atomic mass is 10.1. The van der Waals surface area contributed by atoms with Gasteiger partial charge in [0.05, 0.1) is 76.8 Å². The fourth-order valence-electron chi connectivity index (χ4n) is 14.2. The number of hydrogen-bond acceptors (Lipinski definition) is 36. The summed E-state index contributed by atoms with van der Waals surface area (Å²) < 4.78 is 132. The van der Waals surface area contributed by atoms with E-state index in [4.69, 9.17) is 61.9 Å². The highest BCUT2D eigenvalue weighted by Crippen LogP contribution is 2.53. The molecule has 16 rings (SSSR count). The van der Waals surface area contributed by atoms with Crippen LogP contribution in [0, 0.1) is 34.5 Å². The number of aliphatic hydroxyl groups is 2. The number of nitrogens with one attached hydrogen (secondary N) is 8. The van der Waals surface area contributed by atoms with Crippen LogP contribution in [0.4, 0.5) is 50.7 Å². The number of amides is 4. The lowest BCUT2D eigenvalue weighted by Crippen LogP contribution is -2.37. The number of benzene rings is 2. The molecule has 18 atom stereocenters. The Morgan fingerprint density at radius 3 is 1.32 bits per heavy atom. The molecule has 56 heteroatoms. The van der Waals surface area contributed by atoms with Crippen LogP contribution in [-0.4, -0.2) is 269 Å². The number of H-pyrrole nitrogens is 4. The van der Waals surface area contributed by atoms with E-state index >= 15 is 13.2 Å². The van der Waals surface area contributed by atoms with Crippen LogP contribution in [0.15, 0.2) is 157 Å². The average molecular weight is 2000 g/mol. The highest BCUT2D eigenvalue weighted by molar-refractivity contribution is 7.44. The van der Waals surface area contributed by atoms with Crippen molar-refractivity contribution in [1.29, 1.82) is 10.5 Å². The Labute approximate surface area is 799 Å². The summed E-state index contributed by atoms with van der Waals surface area (Å²) in [6.45, 7) is 14.0. The summed E-state index contributed by atoms with van der Waals surface area (Å²) >= 11 is 0. The minimum absolute atomic E-state index is 0.0174. The van der Waals surface area contributed by atoms with Crippen molar-refractivity contribution in [3.05, 3.63) is 179 Å². The van der Waals surface area contributed by atoms with E-state index in [0.29, 0.717) is 17.5 Å². The van der Waals surface area contributed by atoms with Gasteiger partial charge in [-0.25, -0.2) is 71.7 Å². The van der Waals surface area contributed by atoms with Crippen molar-refractivity contribution in [1.82, 2.24) is 93.6 Å². The van der Waals surface area contributed by atoms with Crippen LogP contribution in [0.2, 0.25) is 0 Å². The number of rotatable bonds is 33. The molecule has 4 aliphatic rings. The van der Waals surface area contributed by atoms with E-state index in [-0.39, 0.29) is 118 Å². The molecule has 2 unspecified atom stereocenters. The van der Waals surface area contributed by atoms with E-state index in [9.17, 15) is 58.1 Å². The van der Waals surface area contributed by atoms with Crippen LogP contribution in [0.1, 0.15) is 127 Å². The van der Waals surface area contributed by atoms with Crippen LogP contribution in [0.5, 0.6) is 0 Å². The molecule has 12 N–H and O–H groups in total. The number of carbonyl (C=O) groups is 6. The maximum Gasteiger partial charge on any atom is 0.506 e. The molecule has 10 aromatic heterocycles. The van der Waals surface area contributed by atoms with Gasteiger partial charge in [0.2, 0.25) is 23.7 Å². The molecule has 4 saturated heterocycles. The van der Waals surface area contributed by atoms with Gasteiger partial charge in [-0.3, -0.25) is 58.5 Å². The number of nitrogens with zero attached hydrogens (tertiary/aromatic N) is 19. The number of fused-ring (bicyclic) bond motifs is 4. The van der Waals surface area contributed by atoms with Gasteiger partial charge in [-0.05, 0) is 58.4 Å². The number of anilines is 4. The van der Waals surface area contributed by atoms with Gasteiger partial charge < -0.3 is 82.1 Å². The summed E-state index contributed by atoms with van der Waals surface area (Å²) in [5.74, 6) is -2.89. The first-order valence-electron chi connectivity index (χ1n) is 43.6. The van der Waals surface area contributed by atoms with Crippen LogP contribution in [-0.2, 0) is 60.6 Å². The van der Waals surface area contributed by atoms with E-state index in [0.717, 1.165) is 32.9 Å². The fourth-order valence-corrected chi connectivity index (χ4v) is 17.0. The standard InChI is InChI=1S/C34H35F2N12O12P.C24H37FN7O5P.C17H15FN6O6.2C5H5N/c1-15(2)28(50)43-33-42-27-22(30(52)44-33)40-14-47(27)32-24(19(35)17(11-49)57-32)60-61(55-10-6-9-37)56-12-18-23(59-34(53)54)20(36)31(58-18)48-26-21(45-46-48)25(38-13-39-26)41-29(51)16-7-4-3-5-8-16;1-8-16-17(25)19(37-38(35-11-9-10-26)32(14(4)5)15(6)7)23(36-16)31-12-27-18-20(31)28-24(30-22(18)34)29-21(33)13(2)3;18-10-12(30-17(27)28)9(6-25)29-16(10)24-14-11(22-23-24)13(19-7-20-14)21-15(26)8-4-2-1-3-5-8;2*1-2-4-6-5-3-1/h3-5,7-8,13-15,17-20,23-24,31-32,49H,6,10-12H2,1-2H3,(H,53,54)(H,38,39,41,51)(H2,42,43,44,50,52);12-17,19,23H,8-9,11H2,1-7H3,(H2,28,29,30,33,34);1-5,7,9-10,12,16,25H,6H2,(H,27,28)(H,19,20,21,26);2*1-5H/p+2/t17-,18-,19-,20+,23-,24-,31-,32-,61?;16-,17-,19-,23-,38?;9-,10+,12-,16-;;/m111../s1. The normalized spacial score (nSPS) is 22.2. The first-order chi connectivity index (χ1) is 67.9. The SMILES string of the molecule is CC(C)C(=O)Nc1nc2c(ncn2[C@@H]2O[C@H](CO)[C@@H](F)[C@H]2OP(OCCC#N)OC[C@H]2O[C@@H](n3nnc4c(NC(=O)c5ccccc5)ncnc43)[C@@H](F)[C@@H]2OC(=O)O)c(=O)[nH]1.CC[C@H]1O[C@@H](n2cnc3c(=O)[nH]c(NC(=O)C(C)C)nc32)[C@H](OP(OCCC#N)N(C(C)C)C(C)C)[C@@H]1F.O=C(O)O[C@H]1[C@H](F)[C@H](n2nnc3c(NC(=O)c4ccccc4)ncnc32)O[C@@H]1CO.c1cc[nH+]cc1.c1cc[nH+]cc1. The first kappa shape index (κ1) is 106. The lowest BCUT2D eigenvalue weighted by molar-refractivity contribution is -0.378. The Kier molecular flexibility index (Phi) is 37.6. The summed E-state index contributed by atoms with van der Waals surface area (Å²) in [4.78, 5) is 142. The summed E-state index contributed by atoms with van der Waals surface area (Å²) in [5, 5.41) is 81.6. The van der Waals surface area contributed by atoms with Crippen LogP contribution in [0.25, 0.3) is 44.7 Å². The average Bonchev–Trinajstić information content (AvgIpc) is 1.62. The summed E-state index contributed by atoms with van der Waals surface area (Å²) in [6, 6.07) is 32.2. The minimum atomic E-state index is -2.73. The van der Waals surface area contributed by atoms with Crippen molar-refractivity contribution in [2.24, 2.45) is 11.8 Å². The van der Waals surface area contributed by atoms with Crippen molar-refractivity contribution < 1.29 is 128 Å². The molecule has 2 aromatic carbocycles. The van der Waals surface area contributed by atoms with Crippen molar-refractivity contribution in [2.75, 3.05) is 54.3 Å². The van der Waals surface area contributed by atoms with Gasteiger partial charge in [0.15, 0.2) is 143 Å². The largest absolute Gasteiger partial charge is 0.506 e. The van der Waals surface area contributed by atoms with Gasteiger partial charge in [0.1, 0.15) is 43.2 Å². The zero-order valence-electron chi connectivity index (χ0n) is 76.5. The molecule has 12 aromatic rings. The van der Waals surface area contributed by atoms with E-state index in [1.54, 1.807) is 88.4 Å². The van der Waals surface area contributed by atoms with Crippen molar-refractivity contribution in [3.63, 3.8) is 0 Å². The Bertz CT molecular complexity index is 6310. The van der Waals surface area contributed by atoms with Gasteiger partial charge in [0, 0.05) is 59.3 Å². The number of aromatic nitrogens is 20. The predicted octanol–water partition coefficient (Wildman–Crippen LogP) is 8.07. The topological polar surface area (TPSA) is 652 Å². The van der Waals surface area contributed by atoms with Gasteiger partial charge in [-0.15, -0.1) is 10.2 Å². The summed E-state index contributed by atoms with van der Waals surface area (Å²) in [6.07, 6.45) is -15.8. The number of alkyl halides is 4. The van der Waals surface area contributed by atoms with Gasteiger partial charge in [0.25, 0.3) is 31.5 Å². The summed E-state index contributed by atoms with van der Waals surface area (Å²) in [5.41, 5.74) is -0.907.